The summed E-state index contributed by atoms with van der Waals surface area (Å²) in [5.41, 5.74) is -6.30. The van der Waals surface area contributed by atoms with Gasteiger partial charge in [0.25, 0.3) is 5.91 Å². The smallest absolute Gasteiger partial charge is 0.411 e. The Bertz CT molecular complexity index is 1220. The van der Waals surface area contributed by atoms with Gasteiger partial charge in [-0.15, -0.1) is 0 Å². The topological polar surface area (TPSA) is 49.3 Å². The highest BCUT2D eigenvalue weighted by atomic mass is 35.5. The Morgan fingerprint density at radius 3 is 2.03 bits per heavy atom. The molecule has 10 heteroatoms. The largest absolute Gasteiger partial charge is 0.507 e. The Balaban J connectivity index is 2.18. The number of aromatic hydroxyl groups is 1. The molecule has 0 saturated heterocycles. The van der Waals surface area contributed by atoms with Crippen LogP contribution >= 0.6 is 11.6 Å². The van der Waals surface area contributed by atoms with Gasteiger partial charge in [0.1, 0.15) is 5.75 Å². The number of hydrogen-bond acceptors (Lipinski definition) is 2. The van der Waals surface area contributed by atoms with Crippen LogP contribution in [0.5, 0.6) is 5.75 Å². The lowest BCUT2D eigenvalue weighted by Crippen LogP contribution is -2.54. The molecule has 3 aromatic rings. The Labute approximate surface area is 196 Å². The Kier molecular flexibility index (Phi) is 6.63. The van der Waals surface area contributed by atoms with E-state index in [1.165, 1.54) is 19.1 Å². The summed E-state index contributed by atoms with van der Waals surface area (Å²) in [6, 6.07) is 9.87. The van der Waals surface area contributed by atoms with E-state index >= 15 is 0 Å². The van der Waals surface area contributed by atoms with Gasteiger partial charge in [-0.3, -0.25) is 4.79 Å². The summed E-state index contributed by atoms with van der Waals surface area (Å²) in [5.74, 6) is -1.43. The minimum absolute atomic E-state index is 0.0969. The monoisotopic (exact) mass is 501 g/mol. The highest BCUT2D eigenvalue weighted by Crippen LogP contribution is 2.56. The molecule has 180 valence electrons. The SMILES string of the molecule is Cc1ccc(C(c2cccc(NC(=O)c3cc(Cl)ccc3O)c2)(C(F)(F)F)C(F)(F)F)cc1C. The van der Waals surface area contributed by atoms with E-state index in [0.29, 0.717) is 17.7 Å². The average molecular weight is 502 g/mol. The number of carbonyl (C=O) groups is 1. The third-order valence-electron chi connectivity index (χ3n) is 5.55. The van der Waals surface area contributed by atoms with Crippen LogP contribution in [0.4, 0.5) is 32.0 Å². The summed E-state index contributed by atoms with van der Waals surface area (Å²) in [6.45, 7) is 2.99. The van der Waals surface area contributed by atoms with Crippen molar-refractivity contribution in [1.82, 2.24) is 0 Å². The lowest BCUT2D eigenvalue weighted by Gasteiger charge is -2.38. The van der Waals surface area contributed by atoms with Crippen molar-refractivity contribution >= 4 is 23.2 Å². The molecule has 0 fully saturated rings. The summed E-state index contributed by atoms with van der Waals surface area (Å²) in [4.78, 5) is 12.5. The number of amides is 1. The highest BCUT2D eigenvalue weighted by molar-refractivity contribution is 6.31. The minimum atomic E-state index is -5.76. The maximum atomic E-state index is 14.4. The Morgan fingerprint density at radius 2 is 1.44 bits per heavy atom. The molecule has 0 spiro atoms. The van der Waals surface area contributed by atoms with Crippen LogP contribution in [0.2, 0.25) is 5.02 Å². The molecule has 2 N–H and O–H groups in total. The van der Waals surface area contributed by atoms with Gasteiger partial charge in [0.2, 0.25) is 5.41 Å². The van der Waals surface area contributed by atoms with Crippen molar-refractivity contribution in [3.8, 4) is 5.75 Å². The van der Waals surface area contributed by atoms with Gasteiger partial charge in [-0.05, 0) is 66.4 Å². The van der Waals surface area contributed by atoms with Gasteiger partial charge in [0.15, 0.2) is 0 Å². The van der Waals surface area contributed by atoms with E-state index in [0.717, 1.165) is 36.4 Å². The molecule has 0 aliphatic carbocycles. The molecule has 0 bridgehead atoms. The third-order valence-corrected chi connectivity index (χ3v) is 5.78. The van der Waals surface area contributed by atoms with E-state index in [-0.39, 0.29) is 21.8 Å². The predicted molar refractivity (Wildman–Crippen MR) is 116 cm³/mol. The van der Waals surface area contributed by atoms with Crippen molar-refractivity contribution < 1.29 is 36.2 Å². The number of anilines is 1. The molecule has 3 rings (SSSR count). The van der Waals surface area contributed by atoms with E-state index in [2.05, 4.69) is 5.32 Å². The molecule has 0 heterocycles. The average Bonchev–Trinajstić information content (AvgIpc) is 2.71. The molecule has 0 unspecified atom stereocenters. The molecule has 34 heavy (non-hydrogen) atoms. The second-order valence-electron chi connectivity index (χ2n) is 7.74. The fourth-order valence-electron chi connectivity index (χ4n) is 3.68. The summed E-state index contributed by atoms with van der Waals surface area (Å²) >= 11 is 5.80. The second-order valence-corrected chi connectivity index (χ2v) is 8.18. The Hall–Kier alpha value is -3.20. The van der Waals surface area contributed by atoms with Crippen LogP contribution in [0.15, 0.2) is 60.7 Å². The van der Waals surface area contributed by atoms with E-state index in [4.69, 9.17) is 11.6 Å². The zero-order chi connectivity index (χ0) is 25.5. The second kappa shape index (κ2) is 8.87. The van der Waals surface area contributed by atoms with Gasteiger partial charge in [-0.1, -0.05) is 41.9 Å². The first-order valence-electron chi connectivity index (χ1n) is 9.80. The van der Waals surface area contributed by atoms with Crippen molar-refractivity contribution in [2.75, 3.05) is 5.32 Å². The molecule has 3 nitrogen and oxygen atoms in total. The Morgan fingerprint density at radius 1 is 0.824 bits per heavy atom. The van der Waals surface area contributed by atoms with Crippen molar-refractivity contribution in [3.05, 3.63) is 93.5 Å². The summed E-state index contributed by atoms with van der Waals surface area (Å²) < 4.78 is 86.3. The van der Waals surface area contributed by atoms with Gasteiger partial charge >= 0.3 is 12.4 Å². The maximum absolute atomic E-state index is 14.4. The van der Waals surface area contributed by atoms with Crippen LogP contribution in [0.3, 0.4) is 0 Å². The molecule has 3 aromatic carbocycles. The molecule has 0 saturated carbocycles. The number of benzene rings is 3. The van der Waals surface area contributed by atoms with E-state index in [9.17, 15) is 36.2 Å². The molecular weight excluding hydrogens is 484 g/mol. The third kappa shape index (κ3) is 4.44. The van der Waals surface area contributed by atoms with Gasteiger partial charge in [0, 0.05) is 10.7 Å². The molecule has 1 amide bonds. The van der Waals surface area contributed by atoms with Crippen molar-refractivity contribution in [2.24, 2.45) is 0 Å². The number of aryl methyl sites for hydroxylation is 2. The number of phenolic OH excluding ortho intramolecular Hbond substituents is 1. The predicted octanol–water partition coefficient (Wildman–Crippen LogP) is 7.33. The molecule has 0 radical (unpaired) electrons. The van der Waals surface area contributed by atoms with Gasteiger partial charge in [-0.25, -0.2) is 0 Å². The first-order valence-corrected chi connectivity index (χ1v) is 10.2. The summed E-state index contributed by atoms with van der Waals surface area (Å²) in [7, 11) is 0. The van der Waals surface area contributed by atoms with Gasteiger partial charge in [-0.2, -0.15) is 26.3 Å². The van der Waals surface area contributed by atoms with Crippen LogP contribution in [-0.2, 0) is 5.41 Å². The number of nitrogens with one attached hydrogen (secondary N) is 1. The van der Waals surface area contributed by atoms with E-state index in [1.807, 2.05) is 0 Å². The van der Waals surface area contributed by atoms with Gasteiger partial charge in [0.05, 0.1) is 5.56 Å². The van der Waals surface area contributed by atoms with Crippen molar-refractivity contribution in [1.29, 1.82) is 0 Å². The number of phenols is 1. The van der Waals surface area contributed by atoms with Crippen molar-refractivity contribution in [3.63, 3.8) is 0 Å². The highest BCUT2D eigenvalue weighted by Gasteiger charge is 2.72. The van der Waals surface area contributed by atoms with Crippen LogP contribution in [0.1, 0.15) is 32.6 Å². The van der Waals surface area contributed by atoms with Crippen molar-refractivity contribution in [2.45, 2.75) is 31.6 Å². The molecule has 0 aromatic heterocycles. The molecule has 0 aliphatic rings. The normalized spacial score (nSPS) is 12.5. The fraction of sp³-hybridized carbons (Fsp3) is 0.208. The zero-order valence-corrected chi connectivity index (χ0v) is 18.5. The number of halogens is 7. The molecule has 0 atom stereocenters. The van der Waals surface area contributed by atoms with Gasteiger partial charge < -0.3 is 10.4 Å². The van der Waals surface area contributed by atoms with Crippen LogP contribution in [0, 0.1) is 13.8 Å². The number of alkyl halides is 6. The number of hydrogen-bond donors (Lipinski definition) is 2. The molecule has 0 aliphatic heterocycles. The van der Waals surface area contributed by atoms with Crippen LogP contribution < -0.4 is 5.32 Å². The fourth-order valence-corrected chi connectivity index (χ4v) is 3.85. The van der Waals surface area contributed by atoms with Crippen LogP contribution in [0.25, 0.3) is 0 Å². The summed E-state index contributed by atoms with van der Waals surface area (Å²) in [5, 5.41) is 12.2. The number of rotatable bonds is 4. The maximum Gasteiger partial charge on any atom is 0.411 e. The molecular formula is C24H18ClF6NO2. The van der Waals surface area contributed by atoms with Crippen LogP contribution in [-0.4, -0.2) is 23.4 Å². The standard InChI is InChI=1S/C24H18ClF6NO2/c1-13-6-7-16(10-14(13)2)22(23(26,27)28,24(29,30)31)15-4-3-5-18(11-15)32-21(34)19-12-17(25)8-9-20(19)33/h3-12,33H,1-2H3,(H,32,34). The lowest BCUT2D eigenvalue weighted by atomic mass is 9.72. The van der Waals surface area contributed by atoms with E-state index < -0.39 is 40.6 Å². The minimum Gasteiger partial charge on any atom is -0.507 e. The summed E-state index contributed by atoms with van der Waals surface area (Å²) in [6.07, 6.45) is -11.5. The first-order chi connectivity index (χ1) is 15.7. The quantitative estimate of drug-likeness (QED) is 0.368. The lowest BCUT2D eigenvalue weighted by molar-refractivity contribution is -0.288. The zero-order valence-electron chi connectivity index (χ0n) is 17.8. The number of carbonyl (C=O) groups excluding carboxylic acids is 1. The van der Waals surface area contributed by atoms with E-state index in [1.54, 1.807) is 6.92 Å². The first kappa shape index (κ1) is 25.4.